The van der Waals surface area contributed by atoms with E-state index in [1.807, 2.05) is 6.92 Å². The van der Waals surface area contributed by atoms with Gasteiger partial charge in [-0.1, -0.05) is 12.1 Å². The van der Waals surface area contributed by atoms with Gasteiger partial charge in [-0.25, -0.2) is 9.59 Å². The molecule has 0 heterocycles. The van der Waals surface area contributed by atoms with E-state index >= 15 is 0 Å². The molecule has 26 heavy (non-hydrogen) atoms. The number of ether oxygens (including phenoxy) is 3. The molecule has 0 unspecified atom stereocenters. The Hall–Kier alpha value is -3.35. The molecule has 0 aliphatic rings. The number of carbonyl (C=O) groups is 3. The summed E-state index contributed by atoms with van der Waals surface area (Å²) in [6, 6.07) is 12.7. The van der Waals surface area contributed by atoms with Crippen molar-refractivity contribution in [3.05, 3.63) is 59.7 Å². The summed E-state index contributed by atoms with van der Waals surface area (Å²) < 4.78 is 15.0. The molecule has 0 aliphatic carbocycles. The second kappa shape index (κ2) is 9.22. The van der Waals surface area contributed by atoms with Crippen LogP contribution in [0.5, 0.6) is 5.75 Å². The van der Waals surface area contributed by atoms with Crippen LogP contribution in [0.25, 0.3) is 0 Å². The topological polar surface area (TPSA) is 90.9 Å². The third-order valence-electron chi connectivity index (χ3n) is 3.34. The summed E-state index contributed by atoms with van der Waals surface area (Å²) in [7, 11) is 1.27. The van der Waals surface area contributed by atoms with Crippen LogP contribution < -0.4 is 10.1 Å². The number of carbonyl (C=O) groups excluding carboxylic acids is 3. The molecular formula is C19H19NO6. The molecule has 1 amide bonds. The van der Waals surface area contributed by atoms with Crippen LogP contribution in [-0.4, -0.2) is 38.2 Å². The number of benzene rings is 2. The van der Waals surface area contributed by atoms with Gasteiger partial charge in [0.05, 0.1) is 30.5 Å². The third kappa shape index (κ3) is 5.07. The van der Waals surface area contributed by atoms with Crippen LogP contribution in [0.4, 0.5) is 5.69 Å². The van der Waals surface area contributed by atoms with Crippen molar-refractivity contribution in [3.63, 3.8) is 0 Å². The van der Waals surface area contributed by atoms with Gasteiger partial charge in [-0.05, 0) is 43.3 Å². The van der Waals surface area contributed by atoms with Crippen LogP contribution >= 0.6 is 0 Å². The van der Waals surface area contributed by atoms with Gasteiger partial charge < -0.3 is 19.5 Å². The van der Waals surface area contributed by atoms with Gasteiger partial charge in [0.15, 0.2) is 6.61 Å². The molecule has 2 aromatic carbocycles. The molecule has 0 fully saturated rings. The lowest BCUT2D eigenvalue weighted by molar-refractivity contribution is -0.119. The van der Waals surface area contributed by atoms with Gasteiger partial charge in [-0.15, -0.1) is 0 Å². The molecule has 0 aromatic heterocycles. The van der Waals surface area contributed by atoms with Crippen LogP contribution in [0.3, 0.4) is 0 Å². The lowest BCUT2D eigenvalue weighted by Gasteiger charge is -2.11. The average Bonchev–Trinajstić information content (AvgIpc) is 2.67. The minimum Gasteiger partial charge on any atom is -0.492 e. The van der Waals surface area contributed by atoms with E-state index in [4.69, 9.17) is 9.47 Å². The summed E-state index contributed by atoms with van der Waals surface area (Å²) in [5.41, 5.74) is 1.03. The van der Waals surface area contributed by atoms with Crippen LogP contribution in [0, 0.1) is 0 Å². The Morgan fingerprint density at radius 3 is 2.15 bits per heavy atom. The van der Waals surface area contributed by atoms with Crippen molar-refractivity contribution in [2.24, 2.45) is 0 Å². The molecule has 2 aromatic rings. The molecule has 0 bridgehead atoms. The van der Waals surface area contributed by atoms with Gasteiger partial charge in [-0.2, -0.15) is 0 Å². The minimum atomic E-state index is -0.672. The first-order chi connectivity index (χ1) is 12.5. The monoisotopic (exact) mass is 357 g/mol. The first-order valence-electron chi connectivity index (χ1n) is 7.92. The smallest absolute Gasteiger partial charge is 0.338 e. The maximum atomic E-state index is 12.0. The number of rotatable bonds is 7. The molecule has 7 nitrogen and oxygen atoms in total. The van der Waals surface area contributed by atoms with E-state index in [0.717, 1.165) is 0 Å². The Bertz CT molecular complexity index is 785. The van der Waals surface area contributed by atoms with Crippen LogP contribution in [0.15, 0.2) is 48.5 Å². The fraction of sp³-hybridized carbons (Fsp3) is 0.211. The van der Waals surface area contributed by atoms with E-state index in [0.29, 0.717) is 23.6 Å². The Labute approximate surface area is 150 Å². The normalized spacial score (nSPS) is 9.92. The van der Waals surface area contributed by atoms with Crippen LogP contribution in [0.2, 0.25) is 0 Å². The van der Waals surface area contributed by atoms with Crippen molar-refractivity contribution >= 4 is 23.5 Å². The van der Waals surface area contributed by atoms with Gasteiger partial charge in [-0.3, -0.25) is 4.79 Å². The minimum absolute atomic E-state index is 0.222. The first-order valence-corrected chi connectivity index (χ1v) is 7.92. The Morgan fingerprint density at radius 2 is 1.54 bits per heavy atom. The SMILES string of the molecule is CCOc1ccccc1NC(=O)COC(=O)c1ccc(C(=O)OC)cc1. The number of hydrogen-bond acceptors (Lipinski definition) is 6. The molecule has 0 saturated heterocycles. The van der Waals surface area contributed by atoms with Crippen molar-refractivity contribution in [2.45, 2.75) is 6.92 Å². The summed E-state index contributed by atoms with van der Waals surface area (Å²) >= 11 is 0. The fourth-order valence-electron chi connectivity index (χ4n) is 2.11. The highest BCUT2D eigenvalue weighted by Gasteiger charge is 2.13. The highest BCUT2D eigenvalue weighted by Crippen LogP contribution is 2.23. The highest BCUT2D eigenvalue weighted by atomic mass is 16.5. The predicted octanol–water partition coefficient (Wildman–Crippen LogP) is 2.67. The van der Waals surface area contributed by atoms with Crippen LogP contribution in [0.1, 0.15) is 27.6 Å². The number of anilines is 1. The Balaban J connectivity index is 1.91. The summed E-state index contributed by atoms with van der Waals surface area (Å²) in [6.45, 7) is 1.85. The molecule has 0 aliphatic heterocycles. The number of hydrogen-bond donors (Lipinski definition) is 1. The van der Waals surface area contributed by atoms with Crippen molar-refractivity contribution in [1.29, 1.82) is 0 Å². The second-order valence-corrected chi connectivity index (χ2v) is 5.12. The van der Waals surface area contributed by atoms with E-state index in [-0.39, 0.29) is 5.56 Å². The molecule has 7 heteroatoms. The Morgan fingerprint density at radius 1 is 0.923 bits per heavy atom. The van der Waals surface area contributed by atoms with Crippen molar-refractivity contribution < 1.29 is 28.6 Å². The standard InChI is InChI=1S/C19H19NO6/c1-3-25-16-7-5-4-6-15(16)20-17(21)12-26-19(23)14-10-8-13(9-11-14)18(22)24-2/h4-11H,3,12H2,1-2H3,(H,20,21). The van der Waals surface area contributed by atoms with Crippen molar-refractivity contribution in [1.82, 2.24) is 0 Å². The molecule has 2 rings (SSSR count). The fourth-order valence-corrected chi connectivity index (χ4v) is 2.11. The quantitative estimate of drug-likeness (QED) is 0.766. The Kier molecular flexibility index (Phi) is 6.73. The molecule has 1 N–H and O–H groups in total. The van der Waals surface area contributed by atoms with Gasteiger partial charge in [0, 0.05) is 0 Å². The van der Waals surface area contributed by atoms with Crippen molar-refractivity contribution in [3.8, 4) is 5.75 Å². The zero-order valence-corrected chi connectivity index (χ0v) is 14.5. The molecule has 0 radical (unpaired) electrons. The maximum absolute atomic E-state index is 12.0. The number of amides is 1. The number of esters is 2. The van der Waals surface area contributed by atoms with E-state index in [1.165, 1.54) is 31.4 Å². The first kappa shape index (κ1) is 19.0. The lowest BCUT2D eigenvalue weighted by Crippen LogP contribution is -2.21. The highest BCUT2D eigenvalue weighted by molar-refractivity contribution is 5.97. The van der Waals surface area contributed by atoms with Crippen molar-refractivity contribution in [2.75, 3.05) is 25.6 Å². The van der Waals surface area contributed by atoms with E-state index in [2.05, 4.69) is 10.1 Å². The summed E-state index contributed by atoms with van der Waals surface area (Å²) in [5, 5.41) is 2.63. The molecule has 0 spiro atoms. The molecule has 0 atom stereocenters. The van der Waals surface area contributed by atoms with Gasteiger partial charge >= 0.3 is 11.9 Å². The summed E-state index contributed by atoms with van der Waals surface area (Å²) in [4.78, 5) is 35.3. The van der Waals surface area contributed by atoms with E-state index < -0.39 is 24.5 Å². The lowest BCUT2D eigenvalue weighted by atomic mass is 10.1. The largest absolute Gasteiger partial charge is 0.492 e. The molecule has 0 saturated carbocycles. The van der Waals surface area contributed by atoms with E-state index in [9.17, 15) is 14.4 Å². The number of para-hydroxylation sites is 2. The zero-order valence-electron chi connectivity index (χ0n) is 14.5. The summed E-state index contributed by atoms with van der Waals surface area (Å²) in [6.07, 6.45) is 0. The van der Waals surface area contributed by atoms with Gasteiger partial charge in [0.1, 0.15) is 5.75 Å². The third-order valence-corrected chi connectivity index (χ3v) is 3.34. The number of nitrogens with one attached hydrogen (secondary N) is 1. The van der Waals surface area contributed by atoms with Gasteiger partial charge in [0.2, 0.25) is 0 Å². The summed E-state index contributed by atoms with van der Waals surface area (Å²) in [5.74, 6) is -1.13. The number of methoxy groups -OCH3 is 1. The van der Waals surface area contributed by atoms with E-state index in [1.54, 1.807) is 24.3 Å². The van der Waals surface area contributed by atoms with Gasteiger partial charge in [0.25, 0.3) is 5.91 Å². The second-order valence-electron chi connectivity index (χ2n) is 5.12. The molecular weight excluding hydrogens is 338 g/mol. The predicted molar refractivity (Wildman–Crippen MR) is 94.3 cm³/mol. The average molecular weight is 357 g/mol. The zero-order chi connectivity index (χ0) is 18.9. The molecule has 136 valence electrons. The maximum Gasteiger partial charge on any atom is 0.338 e. The van der Waals surface area contributed by atoms with Crippen LogP contribution in [-0.2, 0) is 14.3 Å².